The van der Waals surface area contributed by atoms with Crippen LogP contribution in [0.3, 0.4) is 0 Å². The van der Waals surface area contributed by atoms with Gasteiger partial charge in [0.25, 0.3) is 0 Å². The van der Waals surface area contributed by atoms with E-state index in [1.165, 1.54) is 55.5 Å². The molecule has 1 aliphatic heterocycles. The van der Waals surface area contributed by atoms with E-state index >= 15 is 0 Å². The zero-order chi connectivity index (χ0) is 17.4. The van der Waals surface area contributed by atoms with Crippen LogP contribution < -0.4 is 10.4 Å². The van der Waals surface area contributed by atoms with Crippen molar-refractivity contribution in [3.8, 4) is 0 Å². The summed E-state index contributed by atoms with van der Waals surface area (Å²) in [5.74, 6) is 1.71. The fourth-order valence-corrected chi connectivity index (χ4v) is 5.33. The van der Waals surface area contributed by atoms with Crippen molar-refractivity contribution in [3.63, 3.8) is 0 Å². The van der Waals surface area contributed by atoms with Gasteiger partial charge in [-0.3, -0.25) is 0 Å². The van der Waals surface area contributed by atoms with Crippen LogP contribution in [-0.2, 0) is 5.41 Å². The van der Waals surface area contributed by atoms with Crippen molar-refractivity contribution >= 4 is 26.8 Å². The van der Waals surface area contributed by atoms with Crippen molar-refractivity contribution in [1.29, 1.82) is 0 Å². The molecule has 1 saturated carbocycles. The Morgan fingerprint density at radius 1 is 1.00 bits per heavy atom. The number of anilines is 1. The summed E-state index contributed by atoms with van der Waals surface area (Å²) < 4.78 is 0. The summed E-state index contributed by atoms with van der Waals surface area (Å²) in [7, 11) is 4.72. The maximum absolute atomic E-state index is 2.58. The summed E-state index contributed by atoms with van der Waals surface area (Å²) in [4.78, 5) is 2.58. The first kappa shape index (κ1) is 16.8. The average Bonchev–Trinajstić information content (AvgIpc) is 2.59. The predicted molar refractivity (Wildman–Crippen MR) is 114 cm³/mol. The second-order valence-corrected chi connectivity index (χ2v) is 8.56. The summed E-state index contributed by atoms with van der Waals surface area (Å²) >= 11 is 0. The highest BCUT2D eigenvalue weighted by molar-refractivity contribution is 6.33. The van der Waals surface area contributed by atoms with E-state index in [0.29, 0.717) is 5.41 Å². The van der Waals surface area contributed by atoms with Crippen molar-refractivity contribution in [2.75, 3.05) is 18.0 Å². The number of para-hydroxylation sites is 1. The number of benzene rings is 2. The Bertz CT molecular complexity index is 737. The number of nitrogens with zero attached hydrogens (tertiary/aromatic N) is 1. The quantitative estimate of drug-likeness (QED) is 0.783. The number of rotatable bonds is 3. The molecule has 1 aliphatic carbocycles. The van der Waals surface area contributed by atoms with Gasteiger partial charge in [0.05, 0.1) is 0 Å². The van der Waals surface area contributed by atoms with Gasteiger partial charge in [-0.25, -0.2) is 0 Å². The van der Waals surface area contributed by atoms with E-state index in [-0.39, 0.29) is 0 Å². The van der Waals surface area contributed by atoms with Crippen LogP contribution in [0.2, 0.25) is 5.82 Å². The molecule has 2 aromatic carbocycles. The van der Waals surface area contributed by atoms with Gasteiger partial charge in [0.2, 0.25) is 0 Å². The molecule has 1 unspecified atom stereocenters. The first-order chi connectivity index (χ1) is 12.1. The molecular weight excluding hydrogens is 300 g/mol. The summed E-state index contributed by atoms with van der Waals surface area (Å²) in [5.41, 5.74) is 6.32. The molecule has 2 aliphatic rings. The van der Waals surface area contributed by atoms with Crippen LogP contribution in [0.5, 0.6) is 0 Å². The molecule has 0 aromatic heterocycles. The first-order valence-electron chi connectivity index (χ1n) is 9.97. The molecular formula is C22H29B2N. The van der Waals surface area contributed by atoms with Crippen LogP contribution in [0.1, 0.15) is 36.8 Å². The maximum atomic E-state index is 2.58. The molecule has 1 nitrogen and oxygen atoms in total. The first-order valence-corrected chi connectivity index (χ1v) is 9.97. The second kappa shape index (κ2) is 6.59. The standard InChI is InChI=1S/C22H29B2N/c1-16-20(11-6-12-21(16)24)22(17-7-5-8-18(23)13-17)14-25(15-22)19-9-3-2-4-10-19/h2-4,6,9-12,17-18H,5,7-8,13-15,23-24H2,1H3/t17?,18-/m1/s1. The van der Waals surface area contributed by atoms with E-state index in [1.807, 2.05) is 0 Å². The third-order valence-corrected chi connectivity index (χ3v) is 6.93. The number of hydrogen-bond donors (Lipinski definition) is 0. The predicted octanol–water partition coefficient (Wildman–Crippen LogP) is 2.62. The van der Waals surface area contributed by atoms with Crippen molar-refractivity contribution in [2.45, 2.75) is 43.8 Å². The molecule has 128 valence electrons. The van der Waals surface area contributed by atoms with E-state index in [4.69, 9.17) is 0 Å². The van der Waals surface area contributed by atoms with Gasteiger partial charge in [-0.05, 0) is 37.0 Å². The van der Waals surface area contributed by atoms with Gasteiger partial charge in [-0.15, -0.1) is 0 Å². The molecule has 2 fully saturated rings. The summed E-state index contributed by atoms with van der Waals surface area (Å²) in [6.07, 6.45) is 5.63. The summed E-state index contributed by atoms with van der Waals surface area (Å²) in [5, 5.41) is 0. The minimum Gasteiger partial charge on any atom is -0.370 e. The highest BCUT2D eigenvalue weighted by atomic mass is 15.2. The van der Waals surface area contributed by atoms with Gasteiger partial charge in [0.1, 0.15) is 15.7 Å². The van der Waals surface area contributed by atoms with Crippen LogP contribution in [0.4, 0.5) is 5.69 Å². The molecule has 0 amide bonds. The monoisotopic (exact) mass is 329 g/mol. The average molecular weight is 329 g/mol. The second-order valence-electron chi connectivity index (χ2n) is 8.56. The molecule has 3 heteroatoms. The van der Waals surface area contributed by atoms with Gasteiger partial charge in [0.15, 0.2) is 0 Å². The third kappa shape index (κ3) is 2.92. The highest BCUT2D eigenvalue weighted by Crippen LogP contribution is 2.50. The third-order valence-electron chi connectivity index (χ3n) is 6.93. The number of hydrogen-bond acceptors (Lipinski definition) is 1. The van der Waals surface area contributed by atoms with E-state index in [2.05, 4.69) is 76.0 Å². The smallest absolute Gasteiger partial charge is 0.139 e. The van der Waals surface area contributed by atoms with Crippen LogP contribution in [-0.4, -0.2) is 28.8 Å². The van der Waals surface area contributed by atoms with Gasteiger partial charge in [0, 0.05) is 24.2 Å². The van der Waals surface area contributed by atoms with Crippen LogP contribution in [0.25, 0.3) is 0 Å². The zero-order valence-corrected chi connectivity index (χ0v) is 16.0. The Balaban J connectivity index is 1.69. The lowest BCUT2D eigenvalue weighted by molar-refractivity contribution is 0.161. The largest absolute Gasteiger partial charge is 0.370 e. The fraction of sp³-hybridized carbons (Fsp3) is 0.455. The maximum Gasteiger partial charge on any atom is 0.139 e. The van der Waals surface area contributed by atoms with E-state index in [9.17, 15) is 0 Å². The molecule has 0 bridgehead atoms. The molecule has 2 atom stereocenters. The zero-order valence-electron chi connectivity index (χ0n) is 16.0. The normalized spacial score (nSPS) is 25.4. The lowest BCUT2D eigenvalue weighted by atomic mass is 9.56. The Morgan fingerprint density at radius 2 is 1.76 bits per heavy atom. The van der Waals surface area contributed by atoms with Crippen LogP contribution >= 0.6 is 0 Å². The Hall–Kier alpha value is -1.63. The summed E-state index contributed by atoms with van der Waals surface area (Å²) in [6.45, 7) is 4.70. The molecule has 1 saturated heterocycles. The van der Waals surface area contributed by atoms with Gasteiger partial charge >= 0.3 is 0 Å². The molecule has 0 spiro atoms. The summed E-state index contributed by atoms with van der Waals surface area (Å²) in [6, 6.07) is 17.9. The Morgan fingerprint density at radius 3 is 2.48 bits per heavy atom. The molecule has 2 aromatic rings. The van der Waals surface area contributed by atoms with Gasteiger partial charge in [-0.1, -0.05) is 72.5 Å². The van der Waals surface area contributed by atoms with Crippen molar-refractivity contribution in [2.24, 2.45) is 5.92 Å². The van der Waals surface area contributed by atoms with Crippen molar-refractivity contribution in [1.82, 2.24) is 0 Å². The Kier molecular flexibility index (Phi) is 4.43. The van der Waals surface area contributed by atoms with Gasteiger partial charge < -0.3 is 4.90 Å². The lowest BCUT2D eigenvalue weighted by Crippen LogP contribution is -2.64. The van der Waals surface area contributed by atoms with Crippen molar-refractivity contribution < 1.29 is 0 Å². The van der Waals surface area contributed by atoms with E-state index in [0.717, 1.165) is 11.7 Å². The topological polar surface area (TPSA) is 3.24 Å². The molecule has 0 radical (unpaired) electrons. The fourth-order valence-electron chi connectivity index (χ4n) is 5.33. The Labute approximate surface area is 154 Å². The van der Waals surface area contributed by atoms with E-state index < -0.39 is 0 Å². The van der Waals surface area contributed by atoms with Crippen LogP contribution in [0.15, 0.2) is 48.5 Å². The van der Waals surface area contributed by atoms with E-state index in [1.54, 1.807) is 5.56 Å². The molecule has 1 heterocycles. The molecule has 25 heavy (non-hydrogen) atoms. The lowest BCUT2D eigenvalue weighted by Gasteiger charge is -2.58. The molecule has 4 rings (SSSR count). The molecule has 0 N–H and O–H groups in total. The minimum absolute atomic E-state index is 0.348. The van der Waals surface area contributed by atoms with Gasteiger partial charge in [-0.2, -0.15) is 0 Å². The SMILES string of the molecule is Bc1cccc(C2(C3CCC[C@@H](B)C3)CN(c3ccccc3)C2)c1C. The van der Waals surface area contributed by atoms with Crippen molar-refractivity contribution in [3.05, 3.63) is 59.7 Å². The van der Waals surface area contributed by atoms with Crippen LogP contribution in [0, 0.1) is 12.8 Å². The minimum atomic E-state index is 0.348. The highest BCUT2D eigenvalue weighted by Gasteiger charge is 2.51.